The Balaban J connectivity index is 2.44. The van der Waals surface area contributed by atoms with E-state index in [1.54, 1.807) is 0 Å². The zero-order valence-electron chi connectivity index (χ0n) is 12.0. The van der Waals surface area contributed by atoms with Gasteiger partial charge in [-0.3, -0.25) is 0 Å². The van der Waals surface area contributed by atoms with Gasteiger partial charge in [0.25, 0.3) is 0 Å². The van der Waals surface area contributed by atoms with Gasteiger partial charge in [-0.25, -0.2) is 13.8 Å². The number of benzene rings is 1. The van der Waals surface area contributed by atoms with E-state index < -0.39 is 17.0 Å². The van der Waals surface area contributed by atoms with Gasteiger partial charge < -0.3 is 10.8 Å². The van der Waals surface area contributed by atoms with Gasteiger partial charge in [0, 0.05) is 29.3 Å². The number of nitrogens with zero attached hydrogens (tertiary/aromatic N) is 1. The summed E-state index contributed by atoms with van der Waals surface area (Å²) < 4.78 is 26.9. The molecule has 3 nitrogen and oxygen atoms in total. The molecule has 0 amide bonds. The molecule has 6 heteroatoms. The molecule has 0 aliphatic carbocycles. The van der Waals surface area contributed by atoms with E-state index in [-0.39, 0.29) is 13.2 Å². The average Bonchev–Trinajstić information content (AvgIpc) is 2.73. The van der Waals surface area contributed by atoms with Crippen molar-refractivity contribution in [2.24, 2.45) is 5.73 Å². The van der Waals surface area contributed by atoms with Crippen molar-refractivity contribution in [2.75, 3.05) is 13.2 Å². The lowest BCUT2D eigenvalue weighted by Crippen LogP contribution is -2.41. The summed E-state index contributed by atoms with van der Waals surface area (Å²) in [6.07, 6.45) is 0.349. The van der Waals surface area contributed by atoms with E-state index in [4.69, 9.17) is 5.73 Å². The highest BCUT2D eigenvalue weighted by Crippen LogP contribution is 2.31. The fourth-order valence-electron chi connectivity index (χ4n) is 2.27. The fraction of sp³-hybridized carbons (Fsp3) is 0.400. The second kappa shape index (κ2) is 6.17. The second-order valence-corrected chi connectivity index (χ2v) is 6.51. The molecule has 0 saturated heterocycles. The first-order valence-corrected chi connectivity index (χ1v) is 7.42. The highest BCUT2D eigenvalue weighted by molar-refractivity contribution is 7.11. The van der Waals surface area contributed by atoms with Crippen LogP contribution in [0.1, 0.15) is 21.1 Å². The van der Waals surface area contributed by atoms with Crippen LogP contribution in [-0.2, 0) is 11.8 Å². The van der Waals surface area contributed by atoms with Gasteiger partial charge in [0.15, 0.2) is 0 Å². The van der Waals surface area contributed by atoms with Gasteiger partial charge in [-0.2, -0.15) is 0 Å². The number of rotatable bonds is 5. The van der Waals surface area contributed by atoms with Crippen LogP contribution in [0.3, 0.4) is 0 Å². The predicted molar refractivity (Wildman–Crippen MR) is 79.5 cm³/mol. The van der Waals surface area contributed by atoms with E-state index in [1.165, 1.54) is 23.5 Å². The third-order valence-corrected chi connectivity index (χ3v) is 4.80. The summed E-state index contributed by atoms with van der Waals surface area (Å²) in [5.41, 5.74) is 6.16. The monoisotopic (exact) mass is 312 g/mol. The van der Waals surface area contributed by atoms with Gasteiger partial charge >= 0.3 is 0 Å². The number of nitrogens with two attached hydrogens (primary N) is 1. The number of aromatic nitrogens is 1. The van der Waals surface area contributed by atoms with E-state index in [0.717, 1.165) is 21.6 Å². The largest absolute Gasteiger partial charge is 0.395 e. The predicted octanol–water partition coefficient (Wildman–Crippen LogP) is 2.47. The maximum atomic E-state index is 13.5. The van der Waals surface area contributed by atoms with Crippen LogP contribution in [0.5, 0.6) is 0 Å². The van der Waals surface area contributed by atoms with Gasteiger partial charge in [-0.1, -0.05) is 0 Å². The summed E-state index contributed by atoms with van der Waals surface area (Å²) in [7, 11) is 0. The number of aliphatic hydroxyl groups is 1. The summed E-state index contributed by atoms with van der Waals surface area (Å²) in [4.78, 5) is 5.51. The van der Waals surface area contributed by atoms with Crippen molar-refractivity contribution in [2.45, 2.75) is 25.7 Å². The van der Waals surface area contributed by atoms with Crippen LogP contribution in [0.4, 0.5) is 8.78 Å². The first-order valence-electron chi connectivity index (χ1n) is 6.60. The molecule has 2 aromatic rings. The molecular formula is C15H18F2N2OS. The van der Waals surface area contributed by atoms with Crippen LogP contribution in [0.2, 0.25) is 0 Å². The molecule has 0 bridgehead atoms. The number of thiazole rings is 1. The van der Waals surface area contributed by atoms with Crippen LogP contribution in [0, 0.1) is 25.5 Å². The molecule has 1 atom stereocenters. The minimum absolute atomic E-state index is 0.0735. The number of hydrogen-bond donors (Lipinski definition) is 2. The molecule has 3 N–H and O–H groups in total. The molecular weight excluding hydrogens is 294 g/mol. The maximum absolute atomic E-state index is 13.5. The Hall–Kier alpha value is -1.37. The smallest absolute Gasteiger partial charge is 0.126 e. The lowest BCUT2D eigenvalue weighted by molar-refractivity contribution is 0.195. The van der Waals surface area contributed by atoms with Crippen molar-refractivity contribution in [3.05, 3.63) is 51.0 Å². The Labute approximate surface area is 126 Å². The minimum Gasteiger partial charge on any atom is -0.395 e. The van der Waals surface area contributed by atoms with Gasteiger partial charge in [0.05, 0.1) is 17.3 Å². The molecule has 1 heterocycles. The van der Waals surface area contributed by atoms with Crippen molar-refractivity contribution in [3.8, 4) is 0 Å². The van der Waals surface area contributed by atoms with Crippen LogP contribution in [0.25, 0.3) is 0 Å². The standard InChI is InChI=1S/C15H18F2N2OS/c1-9-10(2)21-14(19-9)6-15(7-18,8-20)11-3-12(16)5-13(17)4-11/h3-5,20H,6-8,18H2,1-2H3. The Morgan fingerprint density at radius 1 is 1.24 bits per heavy atom. The number of aryl methyl sites for hydroxylation is 2. The second-order valence-electron chi connectivity index (χ2n) is 5.23. The lowest BCUT2D eigenvalue weighted by Gasteiger charge is -2.30. The molecule has 0 radical (unpaired) electrons. The maximum Gasteiger partial charge on any atom is 0.126 e. The summed E-state index contributed by atoms with van der Waals surface area (Å²) in [6.45, 7) is 3.63. The van der Waals surface area contributed by atoms with Crippen molar-refractivity contribution in [1.82, 2.24) is 4.98 Å². The Bertz CT molecular complexity index is 599. The van der Waals surface area contributed by atoms with Crippen molar-refractivity contribution in [1.29, 1.82) is 0 Å². The molecule has 1 aromatic carbocycles. The van der Waals surface area contributed by atoms with E-state index in [2.05, 4.69) is 4.98 Å². The van der Waals surface area contributed by atoms with Crippen LogP contribution < -0.4 is 5.73 Å². The molecule has 0 aliphatic heterocycles. The van der Waals surface area contributed by atoms with Gasteiger partial charge in [0.2, 0.25) is 0 Å². The summed E-state index contributed by atoms with van der Waals surface area (Å²) in [5.74, 6) is -1.36. The third kappa shape index (κ3) is 3.28. The SMILES string of the molecule is Cc1nc(CC(CN)(CO)c2cc(F)cc(F)c2)sc1C. The Morgan fingerprint density at radius 3 is 2.29 bits per heavy atom. The molecule has 0 fully saturated rings. The van der Waals surface area contributed by atoms with Gasteiger partial charge in [-0.15, -0.1) is 11.3 Å². The Morgan fingerprint density at radius 2 is 1.86 bits per heavy atom. The van der Waals surface area contributed by atoms with Crippen molar-refractivity contribution in [3.63, 3.8) is 0 Å². The zero-order valence-corrected chi connectivity index (χ0v) is 12.8. The Kier molecular flexibility index (Phi) is 4.70. The highest BCUT2D eigenvalue weighted by Gasteiger charge is 2.33. The topological polar surface area (TPSA) is 59.1 Å². The van der Waals surface area contributed by atoms with Crippen LogP contribution in [-0.4, -0.2) is 23.2 Å². The number of hydrogen-bond acceptors (Lipinski definition) is 4. The van der Waals surface area contributed by atoms with Crippen molar-refractivity contribution >= 4 is 11.3 Å². The molecule has 0 aliphatic rings. The van der Waals surface area contributed by atoms with Crippen LogP contribution >= 0.6 is 11.3 Å². The number of halogens is 2. The molecule has 21 heavy (non-hydrogen) atoms. The molecule has 0 saturated carbocycles. The third-order valence-electron chi connectivity index (χ3n) is 3.73. The van der Waals surface area contributed by atoms with Gasteiger partial charge in [-0.05, 0) is 31.5 Å². The average molecular weight is 312 g/mol. The molecule has 1 aromatic heterocycles. The summed E-state index contributed by atoms with van der Waals surface area (Å²) in [5, 5.41) is 10.6. The van der Waals surface area contributed by atoms with E-state index >= 15 is 0 Å². The molecule has 114 valence electrons. The first-order chi connectivity index (χ1) is 9.90. The molecule has 0 spiro atoms. The normalized spacial score (nSPS) is 14.2. The highest BCUT2D eigenvalue weighted by atomic mass is 32.1. The zero-order chi connectivity index (χ0) is 15.6. The van der Waals surface area contributed by atoms with E-state index in [0.29, 0.717) is 12.0 Å². The lowest BCUT2D eigenvalue weighted by atomic mass is 9.78. The van der Waals surface area contributed by atoms with Gasteiger partial charge in [0.1, 0.15) is 11.6 Å². The molecule has 1 unspecified atom stereocenters. The quantitative estimate of drug-likeness (QED) is 0.891. The minimum atomic E-state index is -0.931. The van der Waals surface area contributed by atoms with E-state index in [9.17, 15) is 13.9 Å². The fourth-order valence-corrected chi connectivity index (χ4v) is 3.35. The summed E-state index contributed by atoms with van der Waals surface area (Å²) in [6, 6.07) is 3.25. The van der Waals surface area contributed by atoms with Crippen LogP contribution in [0.15, 0.2) is 18.2 Å². The van der Waals surface area contributed by atoms with E-state index in [1.807, 2.05) is 13.8 Å². The summed E-state index contributed by atoms with van der Waals surface area (Å²) >= 11 is 1.51. The van der Waals surface area contributed by atoms with Crippen molar-refractivity contribution < 1.29 is 13.9 Å². The first kappa shape index (κ1) is 16.0. The number of aliphatic hydroxyl groups excluding tert-OH is 1. The molecule has 2 rings (SSSR count).